The van der Waals surface area contributed by atoms with Crippen LogP contribution in [0.25, 0.3) is 0 Å². The van der Waals surface area contributed by atoms with E-state index in [2.05, 4.69) is 6.92 Å². The first-order valence-corrected chi connectivity index (χ1v) is 4.19. The van der Waals surface area contributed by atoms with E-state index in [1.54, 1.807) is 0 Å². The summed E-state index contributed by atoms with van der Waals surface area (Å²) in [6, 6.07) is -0.183. The largest absolute Gasteiger partial charge is 0.393 e. The maximum Gasteiger partial charge on any atom is 0.109 e. The van der Waals surface area contributed by atoms with Crippen molar-refractivity contribution >= 4 is 7.85 Å². The molecule has 2 radical (unpaired) electrons. The minimum Gasteiger partial charge on any atom is -0.393 e. The second-order valence-electron chi connectivity index (χ2n) is 3.37. The van der Waals surface area contributed by atoms with Crippen LogP contribution in [0.4, 0.5) is 0 Å². The molecule has 62 valence electrons. The number of hydrogen-bond donors (Lipinski definition) is 1. The Kier molecular flexibility index (Phi) is 2.60. The van der Waals surface area contributed by atoms with Crippen LogP contribution >= 0.6 is 0 Å². The van der Waals surface area contributed by atoms with Crippen molar-refractivity contribution in [3.8, 4) is 0 Å². The SMILES string of the molecule is [B][C@H]1C[C@@H](C)[C@](CC)(CO)O1. The van der Waals surface area contributed by atoms with Crippen LogP contribution in [0.1, 0.15) is 26.7 Å². The van der Waals surface area contributed by atoms with E-state index in [0.29, 0.717) is 5.92 Å². The molecule has 0 unspecified atom stereocenters. The zero-order valence-corrected chi connectivity index (χ0v) is 7.21. The number of rotatable bonds is 2. The Labute approximate surface area is 69.3 Å². The molecule has 0 aromatic carbocycles. The summed E-state index contributed by atoms with van der Waals surface area (Å²) >= 11 is 0. The van der Waals surface area contributed by atoms with Gasteiger partial charge in [0.2, 0.25) is 0 Å². The minimum atomic E-state index is -0.362. The molecule has 0 aromatic heterocycles. The van der Waals surface area contributed by atoms with Gasteiger partial charge in [-0.1, -0.05) is 13.8 Å². The van der Waals surface area contributed by atoms with Gasteiger partial charge in [-0.05, 0) is 18.8 Å². The van der Waals surface area contributed by atoms with Crippen LogP contribution < -0.4 is 0 Å². The van der Waals surface area contributed by atoms with Crippen LogP contribution in [0, 0.1) is 5.92 Å². The highest BCUT2D eigenvalue weighted by atomic mass is 16.5. The molecule has 11 heavy (non-hydrogen) atoms. The molecule has 3 heteroatoms. The third-order valence-corrected chi connectivity index (χ3v) is 2.74. The Morgan fingerprint density at radius 3 is 2.55 bits per heavy atom. The highest BCUT2D eigenvalue weighted by molar-refractivity contribution is 6.11. The van der Waals surface area contributed by atoms with E-state index in [9.17, 15) is 0 Å². The second-order valence-corrected chi connectivity index (χ2v) is 3.37. The molecular weight excluding hydrogens is 139 g/mol. The number of aliphatic hydroxyl groups excluding tert-OH is 1. The van der Waals surface area contributed by atoms with Crippen LogP contribution in [0.3, 0.4) is 0 Å². The predicted octanol–water partition coefficient (Wildman–Crippen LogP) is 0.678. The summed E-state index contributed by atoms with van der Waals surface area (Å²) in [7, 11) is 5.62. The Hall–Kier alpha value is -0.0151. The average Bonchev–Trinajstić information content (AvgIpc) is 2.27. The van der Waals surface area contributed by atoms with Gasteiger partial charge in [-0.2, -0.15) is 0 Å². The summed E-state index contributed by atoms with van der Waals surface area (Å²) < 4.78 is 5.49. The fraction of sp³-hybridized carbons (Fsp3) is 1.00. The minimum absolute atomic E-state index is 0.0817. The van der Waals surface area contributed by atoms with Gasteiger partial charge in [-0.25, -0.2) is 0 Å². The third kappa shape index (κ3) is 1.45. The molecule has 1 aliphatic heterocycles. The zero-order valence-electron chi connectivity index (χ0n) is 7.21. The van der Waals surface area contributed by atoms with Gasteiger partial charge in [0.25, 0.3) is 0 Å². The fourth-order valence-electron chi connectivity index (χ4n) is 1.77. The average molecular weight is 154 g/mol. The van der Waals surface area contributed by atoms with E-state index in [4.69, 9.17) is 17.7 Å². The molecular formula is C8H15BO2. The Morgan fingerprint density at radius 2 is 2.36 bits per heavy atom. The lowest BCUT2D eigenvalue weighted by molar-refractivity contribution is -0.0709. The van der Waals surface area contributed by atoms with E-state index < -0.39 is 0 Å². The molecule has 1 saturated heterocycles. The maximum atomic E-state index is 9.12. The van der Waals surface area contributed by atoms with Gasteiger partial charge in [-0.15, -0.1) is 0 Å². The van der Waals surface area contributed by atoms with E-state index >= 15 is 0 Å². The monoisotopic (exact) mass is 154 g/mol. The Bertz CT molecular complexity index is 134. The van der Waals surface area contributed by atoms with E-state index in [1.165, 1.54) is 0 Å². The summed E-state index contributed by atoms with van der Waals surface area (Å²) in [5, 5.41) is 9.12. The highest BCUT2D eigenvalue weighted by Crippen LogP contribution is 2.36. The first-order chi connectivity index (χ1) is 5.14. The Morgan fingerprint density at radius 1 is 1.73 bits per heavy atom. The molecule has 1 heterocycles. The number of hydrogen-bond acceptors (Lipinski definition) is 2. The summed E-state index contributed by atoms with van der Waals surface area (Å²) in [4.78, 5) is 0. The predicted molar refractivity (Wildman–Crippen MR) is 44.5 cm³/mol. The Balaban J connectivity index is 2.67. The van der Waals surface area contributed by atoms with Crippen molar-refractivity contribution in [3.05, 3.63) is 0 Å². The quantitative estimate of drug-likeness (QED) is 0.592. The van der Waals surface area contributed by atoms with Crippen molar-refractivity contribution in [2.75, 3.05) is 6.61 Å². The molecule has 1 aliphatic rings. The summed E-state index contributed by atoms with van der Waals surface area (Å²) in [5.74, 6) is 0.368. The normalized spacial score (nSPS) is 44.6. The van der Waals surface area contributed by atoms with Crippen molar-refractivity contribution < 1.29 is 9.84 Å². The summed E-state index contributed by atoms with van der Waals surface area (Å²) in [6.45, 7) is 4.18. The van der Waals surface area contributed by atoms with Gasteiger partial charge in [0.05, 0.1) is 12.2 Å². The standard InChI is InChI=1S/C8H15BO2/c1-3-8(5-10)6(2)4-7(9)11-8/h6-7,10H,3-5H2,1-2H3/t6-,7-,8+/m1/s1. The highest BCUT2D eigenvalue weighted by Gasteiger charge is 2.42. The lowest BCUT2D eigenvalue weighted by Gasteiger charge is -2.29. The molecule has 1 fully saturated rings. The molecule has 0 saturated carbocycles. The molecule has 0 bridgehead atoms. The van der Waals surface area contributed by atoms with Crippen molar-refractivity contribution in [3.63, 3.8) is 0 Å². The molecule has 2 nitrogen and oxygen atoms in total. The van der Waals surface area contributed by atoms with Crippen LogP contribution in [0.2, 0.25) is 0 Å². The zero-order chi connectivity index (χ0) is 8.48. The van der Waals surface area contributed by atoms with Crippen molar-refractivity contribution in [1.29, 1.82) is 0 Å². The number of aliphatic hydroxyl groups is 1. The van der Waals surface area contributed by atoms with Crippen molar-refractivity contribution in [1.82, 2.24) is 0 Å². The molecule has 0 aromatic rings. The lowest BCUT2D eigenvalue weighted by Crippen LogP contribution is -2.38. The van der Waals surface area contributed by atoms with Gasteiger partial charge in [0.1, 0.15) is 7.85 Å². The van der Waals surface area contributed by atoms with Crippen molar-refractivity contribution in [2.24, 2.45) is 5.92 Å². The third-order valence-electron chi connectivity index (χ3n) is 2.74. The van der Waals surface area contributed by atoms with Crippen molar-refractivity contribution in [2.45, 2.75) is 38.3 Å². The molecule has 0 spiro atoms. The van der Waals surface area contributed by atoms with Gasteiger partial charge in [-0.3, -0.25) is 0 Å². The van der Waals surface area contributed by atoms with Crippen LogP contribution in [-0.2, 0) is 4.74 Å². The number of ether oxygens (including phenoxy) is 1. The summed E-state index contributed by atoms with van der Waals surface area (Å²) in [6.07, 6.45) is 1.69. The molecule has 1 N–H and O–H groups in total. The molecule has 0 aliphatic carbocycles. The van der Waals surface area contributed by atoms with E-state index in [1.807, 2.05) is 6.92 Å². The van der Waals surface area contributed by atoms with Crippen LogP contribution in [-0.4, -0.2) is 31.2 Å². The first kappa shape index (κ1) is 9.08. The van der Waals surface area contributed by atoms with Crippen LogP contribution in [0.15, 0.2) is 0 Å². The van der Waals surface area contributed by atoms with Gasteiger partial charge < -0.3 is 9.84 Å². The smallest absolute Gasteiger partial charge is 0.109 e. The first-order valence-electron chi connectivity index (χ1n) is 4.19. The topological polar surface area (TPSA) is 29.5 Å². The molecule has 0 amide bonds. The fourth-order valence-corrected chi connectivity index (χ4v) is 1.77. The molecule has 1 rings (SSSR count). The van der Waals surface area contributed by atoms with Gasteiger partial charge in [0, 0.05) is 6.00 Å². The van der Waals surface area contributed by atoms with E-state index in [0.717, 1.165) is 12.8 Å². The van der Waals surface area contributed by atoms with E-state index in [-0.39, 0.29) is 18.2 Å². The second kappa shape index (κ2) is 3.15. The molecule has 3 atom stereocenters. The van der Waals surface area contributed by atoms with Gasteiger partial charge in [0.15, 0.2) is 0 Å². The van der Waals surface area contributed by atoms with Crippen LogP contribution in [0.5, 0.6) is 0 Å². The summed E-state index contributed by atoms with van der Waals surface area (Å²) in [5.41, 5.74) is -0.362. The van der Waals surface area contributed by atoms with Gasteiger partial charge >= 0.3 is 0 Å². The lowest BCUT2D eigenvalue weighted by atomic mass is 9.84. The maximum absolute atomic E-state index is 9.12.